The van der Waals surface area contributed by atoms with Crippen LogP contribution in [0.15, 0.2) is 93.3 Å². The molecule has 3 N–H and O–H groups in total. The molecule has 234 valence electrons. The first-order valence-electron chi connectivity index (χ1n) is 14.3. The van der Waals surface area contributed by atoms with Gasteiger partial charge in [0.2, 0.25) is 0 Å². The van der Waals surface area contributed by atoms with Gasteiger partial charge in [-0.3, -0.25) is 19.2 Å². The highest BCUT2D eigenvalue weighted by molar-refractivity contribution is 6.04. The van der Waals surface area contributed by atoms with Crippen LogP contribution in [0.5, 0.6) is 0 Å². The van der Waals surface area contributed by atoms with Gasteiger partial charge in [0.1, 0.15) is 17.0 Å². The summed E-state index contributed by atoms with van der Waals surface area (Å²) in [5.41, 5.74) is 5.61. The Kier molecular flexibility index (Phi) is 9.19. The first-order chi connectivity index (χ1) is 22.1. The number of anilines is 2. The van der Waals surface area contributed by atoms with Crippen LogP contribution < -0.4 is 16.2 Å². The quantitative estimate of drug-likeness (QED) is 0.105. The lowest BCUT2D eigenvalue weighted by molar-refractivity contribution is -0.144. The number of hydrogen-bond acceptors (Lipinski definition) is 10. The van der Waals surface area contributed by atoms with Crippen molar-refractivity contribution in [3.63, 3.8) is 0 Å². The van der Waals surface area contributed by atoms with Gasteiger partial charge in [-0.2, -0.15) is 5.90 Å². The van der Waals surface area contributed by atoms with Gasteiger partial charge >= 0.3 is 11.9 Å². The zero-order valence-electron chi connectivity index (χ0n) is 25.1. The number of carboxylic acid groups (broad SMARTS) is 1. The van der Waals surface area contributed by atoms with E-state index in [4.69, 9.17) is 15.4 Å². The number of fused-ring (bicyclic) bond motifs is 2. The number of hydrogen-bond donors (Lipinski definition) is 2. The summed E-state index contributed by atoms with van der Waals surface area (Å²) < 4.78 is 6.25. The van der Waals surface area contributed by atoms with Gasteiger partial charge in [-0.15, -0.1) is 4.91 Å². The third-order valence-corrected chi connectivity index (χ3v) is 7.75. The van der Waals surface area contributed by atoms with Gasteiger partial charge in [0.05, 0.1) is 12.8 Å². The van der Waals surface area contributed by atoms with Crippen molar-refractivity contribution in [2.45, 2.75) is 19.8 Å². The molecule has 3 aromatic carbocycles. The Morgan fingerprint density at radius 1 is 0.891 bits per heavy atom. The molecule has 3 aromatic rings. The second-order valence-electron chi connectivity index (χ2n) is 10.7. The Balaban J connectivity index is 1.57. The molecule has 0 saturated heterocycles. The lowest BCUT2D eigenvalue weighted by Gasteiger charge is -2.23. The maximum absolute atomic E-state index is 13.4. The molecule has 0 aromatic heterocycles. The van der Waals surface area contributed by atoms with E-state index in [9.17, 15) is 24.1 Å². The zero-order chi connectivity index (χ0) is 33.0. The van der Waals surface area contributed by atoms with Gasteiger partial charge in [-0.1, -0.05) is 6.07 Å². The summed E-state index contributed by atoms with van der Waals surface area (Å²) in [7, 11) is 1.88. The number of benzene rings is 4. The Bertz CT molecular complexity index is 1990. The Labute approximate surface area is 262 Å². The minimum atomic E-state index is -1.08. The van der Waals surface area contributed by atoms with Crippen molar-refractivity contribution >= 4 is 45.9 Å². The summed E-state index contributed by atoms with van der Waals surface area (Å²) in [5.74, 6) is 3.06. The molecule has 0 saturated carbocycles. The molecule has 5 rings (SSSR count). The monoisotopic (exact) mass is 622 g/mol. The molecule has 0 atom stereocenters. The number of amides is 1. The Morgan fingerprint density at radius 3 is 2.26 bits per heavy atom. The van der Waals surface area contributed by atoms with Crippen molar-refractivity contribution in [2.75, 3.05) is 25.0 Å². The van der Waals surface area contributed by atoms with Crippen LogP contribution in [0.25, 0.3) is 33.4 Å². The maximum Gasteiger partial charge on any atom is 0.326 e. The molecular formula is C34H30N4O8. The van der Waals surface area contributed by atoms with Gasteiger partial charge in [0.25, 0.3) is 5.91 Å². The van der Waals surface area contributed by atoms with Crippen molar-refractivity contribution in [3.05, 3.63) is 105 Å². The number of aryl methyl sites for hydroxylation is 1. The molecule has 1 aliphatic carbocycles. The maximum atomic E-state index is 13.4. The van der Waals surface area contributed by atoms with Crippen LogP contribution in [0, 0.1) is 11.8 Å². The number of carbonyl (C=O) groups is 3. The summed E-state index contributed by atoms with van der Waals surface area (Å²) in [6.45, 7) is 1.68. The molecule has 12 nitrogen and oxygen atoms in total. The fourth-order valence-electron chi connectivity index (χ4n) is 5.33. The first-order valence-corrected chi connectivity index (χ1v) is 14.3. The predicted octanol–water partition coefficient (Wildman–Crippen LogP) is 5.76. The van der Waals surface area contributed by atoms with E-state index in [0.717, 1.165) is 33.5 Å². The van der Waals surface area contributed by atoms with Crippen LogP contribution >= 0.6 is 0 Å². The van der Waals surface area contributed by atoms with E-state index in [1.54, 1.807) is 48.5 Å². The third-order valence-electron chi connectivity index (χ3n) is 7.75. The fraction of sp³-hybridized carbons (Fsp3) is 0.176. The normalized spacial score (nSPS) is 10.9. The lowest BCUT2D eigenvalue weighted by atomic mass is 9.90. The molecule has 0 unspecified atom stereocenters. The molecule has 1 aliphatic heterocycles. The predicted molar refractivity (Wildman–Crippen MR) is 172 cm³/mol. The van der Waals surface area contributed by atoms with E-state index in [-0.39, 0.29) is 31.4 Å². The van der Waals surface area contributed by atoms with Crippen LogP contribution in [0.2, 0.25) is 0 Å². The van der Waals surface area contributed by atoms with Crippen LogP contribution in [0.4, 0.5) is 17.1 Å². The second kappa shape index (κ2) is 13.4. The van der Waals surface area contributed by atoms with Gasteiger partial charge < -0.3 is 24.2 Å². The molecule has 1 heterocycles. The summed E-state index contributed by atoms with van der Waals surface area (Å²) >= 11 is 0. The largest absolute Gasteiger partial charge is 0.481 e. The van der Waals surface area contributed by atoms with Gasteiger partial charge in [0.15, 0.2) is 5.43 Å². The zero-order valence-corrected chi connectivity index (χ0v) is 25.1. The SMILES string of the molecule is Cc1cc(C(=O)N(CCC(=O)O)CCC(=O)ON)ccc1-c1c2ccc(=O)cc-2oc2cc(N(C)c3ccc(N=O)cc3)ccc12. The van der Waals surface area contributed by atoms with Gasteiger partial charge in [-0.25, -0.2) is 0 Å². The van der Waals surface area contributed by atoms with Crippen molar-refractivity contribution < 1.29 is 28.7 Å². The highest BCUT2D eigenvalue weighted by atomic mass is 16.7. The average molecular weight is 623 g/mol. The minimum absolute atomic E-state index is 0.0646. The smallest absolute Gasteiger partial charge is 0.326 e. The van der Waals surface area contributed by atoms with Crippen LogP contribution in [-0.2, 0) is 14.4 Å². The topological polar surface area (TPSA) is 173 Å². The summed E-state index contributed by atoms with van der Waals surface area (Å²) in [6, 6.07) is 22.3. The number of carboxylic acids is 1. The molecule has 12 heteroatoms. The van der Waals surface area contributed by atoms with E-state index < -0.39 is 17.8 Å². The number of nitroso groups, excluding NO2 is 1. The number of aliphatic carboxylic acids is 1. The fourth-order valence-corrected chi connectivity index (χ4v) is 5.33. The first kappa shape index (κ1) is 31.5. The molecule has 2 aliphatic rings. The molecule has 0 radical (unpaired) electrons. The molecule has 1 amide bonds. The summed E-state index contributed by atoms with van der Waals surface area (Å²) in [5, 5.41) is 12.9. The number of carbonyl (C=O) groups excluding carboxylic acids is 2. The van der Waals surface area contributed by atoms with Crippen molar-refractivity contribution in [2.24, 2.45) is 11.1 Å². The van der Waals surface area contributed by atoms with Crippen molar-refractivity contribution in [1.82, 2.24) is 4.90 Å². The van der Waals surface area contributed by atoms with E-state index in [0.29, 0.717) is 28.2 Å². The van der Waals surface area contributed by atoms with Crippen molar-refractivity contribution in [3.8, 4) is 22.5 Å². The number of nitrogens with two attached hydrogens (primary N) is 1. The highest BCUT2D eigenvalue weighted by Crippen LogP contribution is 2.42. The van der Waals surface area contributed by atoms with E-state index in [2.05, 4.69) is 10.0 Å². The molecular weight excluding hydrogens is 592 g/mol. The van der Waals surface area contributed by atoms with E-state index in [1.807, 2.05) is 37.1 Å². The van der Waals surface area contributed by atoms with Crippen LogP contribution in [-0.4, -0.2) is 48.0 Å². The number of rotatable bonds is 11. The lowest BCUT2D eigenvalue weighted by Crippen LogP contribution is -2.35. The van der Waals surface area contributed by atoms with Crippen LogP contribution in [0.1, 0.15) is 28.8 Å². The summed E-state index contributed by atoms with van der Waals surface area (Å²) in [6.07, 6.45) is -0.489. The average Bonchev–Trinajstić information content (AvgIpc) is 3.06. The van der Waals surface area contributed by atoms with Crippen LogP contribution in [0.3, 0.4) is 0 Å². The van der Waals surface area contributed by atoms with Crippen molar-refractivity contribution in [1.29, 1.82) is 0 Å². The molecule has 0 fully saturated rings. The Hall–Kier alpha value is -5.88. The highest BCUT2D eigenvalue weighted by Gasteiger charge is 2.23. The molecule has 46 heavy (non-hydrogen) atoms. The Morgan fingerprint density at radius 2 is 1.59 bits per heavy atom. The van der Waals surface area contributed by atoms with E-state index >= 15 is 0 Å². The minimum Gasteiger partial charge on any atom is -0.481 e. The second-order valence-corrected chi connectivity index (χ2v) is 10.7. The third kappa shape index (κ3) is 6.61. The molecule has 0 bridgehead atoms. The summed E-state index contributed by atoms with van der Waals surface area (Å²) in [4.78, 5) is 66.8. The standard InChI is InChI=1S/C34H30N4O8/c1-20-17-21(34(43)38(15-13-31(40)41)16-14-32(42)46-35)3-10-26(20)33-27-11-8-24(37(2)23-6-4-22(36-44)5-7-23)18-29(27)45-30-19-25(39)9-12-28(30)33/h3-12,17-19H,13-16,35H2,1-2H3,(H,40,41). The van der Waals surface area contributed by atoms with E-state index in [1.165, 1.54) is 17.0 Å². The number of nitrogens with zero attached hydrogens (tertiary/aromatic N) is 3. The molecule has 0 spiro atoms. The van der Waals surface area contributed by atoms with Gasteiger partial charge in [-0.05, 0) is 83.9 Å². The van der Waals surface area contributed by atoms with Gasteiger partial charge in [0, 0.05) is 65.7 Å².